The van der Waals surface area contributed by atoms with Gasteiger partial charge in [0.2, 0.25) is 0 Å². The van der Waals surface area contributed by atoms with Gasteiger partial charge in [0.25, 0.3) is 0 Å². The Hall–Kier alpha value is -0.420. The van der Waals surface area contributed by atoms with Crippen LogP contribution in [-0.4, -0.2) is 23.6 Å². The summed E-state index contributed by atoms with van der Waals surface area (Å²) in [6, 6.07) is 0. The molecule has 5 heteroatoms. The predicted octanol–water partition coefficient (Wildman–Crippen LogP) is 0.0870. The molecule has 0 bridgehead atoms. The summed E-state index contributed by atoms with van der Waals surface area (Å²) in [7, 11) is 0. The summed E-state index contributed by atoms with van der Waals surface area (Å²) in [6.07, 6.45) is 2.09. The van der Waals surface area contributed by atoms with E-state index in [2.05, 4.69) is 5.10 Å². The largest absolute Gasteiger partial charge is 0.381 e. The highest BCUT2D eigenvalue weighted by Gasteiger charge is 2.15. The molecule has 11 heavy (non-hydrogen) atoms. The monoisotopic (exact) mass is 175 g/mol. The smallest absolute Gasteiger partial charge is 0.177 e. The summed E-state index contributed by atoms with van der Waals surface area (Å²) in [4.78, 5) is 0. The Bertz CT molecular complexity index is 145. The van der Waals surface area contributed by atoms with Gasteiger partial charge >= 0.3 is 0 Å². The SMILES string of the molecule is N/N=C(\N)SC1CCOCC1. The van der Waals surface area contributed by atoms with E-state index in [9.17, 15) is 0 Å². The molecule has 1 rings (SSSR count). The Morgan fingerprint density at radius 2 is 2.09 bits per heavy atom. The standard InChI is InChI=1S/C6H13N3OS/c7-6(9-8)11-5-1-3-10-4-2-5/h5H,1-4,8H2,(H2,7,9). The number of thioether (sulfide) groups is 1. The Labute approximate surface area is 70.3 Å². The molecule has 0 spiro atoms. The van der Waals surface area contributed by atoms with Crippen molar-refractivity contribution >= 4 is 16.9 Å². The summed E-state index contributed by atoms with van der Waals surface area (Å²) < 4.78 is 5.19. The van der Waals surface area contributed by atoms with Crippen LogP contribution in [0.1, 0.15) is 12.8 Å². The normalized spacial score (nSPS) is 22.0. The quantitative estimate of drug-likeness (QED) is 0.256. The molecule has 4 nitrogen and oxygen atoms in total. The first-order valence-electron chi connectivity index (χ1n) is 3.60. The first kappa shape index (κ1) is 8.67. The lowest BCUT2D eigenvalue weighted by molar-refractivity contribution is 0.100. The number of hydrogen-bond acceptors (Lipinski definition) is 4. The molecule has 0 unspecified atom stereocenters. The molecule has 0 amide bonds. The van der Waals surface area contributed by atoms with Gasteiger partial charge in [-0.15, -0.1) is 0 Å². The van der Waals surface area contributed by atoms with Gasteiger partial charge in [-0.1, -0.05) is 11.8 Å². The first-order chi connectivity index (χ1) is 5.33. The second kappa shape index (κ2) is 4.46. The van der Waals surface area contributed by atoms with E-state index in [-0.39, 0.29) is 0 Å². The van der Waals surface area contributed by atoms with Gasteiger partial charge in [0.05, 0.1) is 0 Å². The molecular weight excluding hydrogens is 162 g/mol. The fourth-order valence-corrected chi connectivity index (χ4v) is 1.83. The molecule has 1 saturated heterocycles. The van der Waals surface area contributed by atoms with E-state index in [0.29, 0.717) is 10.4 Å². The maximum Gasteiger partial charge on any atom is 0.177 e. The fraction of sp³-hybridized carbons (Fsp3) is 0.833. The van der Waals surface area contributed by atoms with Crippen LogP contribution in [0, 0.1) is 0 Å². The zero-order valence-corrected chi connectivity index (χ0v) is 7.14. The van der Waals surface area contributed by atoms with Crippen molar-refractivity contribution in [3.8, 4) is 0 Å². The Kier molecular flexibility index (Phi) is 3.51. The number of nitrogens with two attached hydrogens (primary N) is 2. The van der Waals surface area contributed by atoms with Crippen molar-refractivity contribution in [1.29, 1.82) is 0 Å². The lowest BCUT2D eigenvalue weighted by Crippen LogP contribution is -2.22. The first-order valence-corrected chi connectivity index (χ1v) is 4.48. The third kappa shape index (κ3) is 2.98. The Morgan fingerprint density at radius 1 is 1.45 bits per heavy atom. The topological polar surface area (TPSA) is 73.6 Å². The van der Waals surface area contributed by atoms with Crippen molar-refractivity contribution in [1.82, 2.24) is 0 Å². The van der Waals surface area contributed by atoms with Crippen LogP contribution in [0.3, 0.4) is 0 Å². The second-order valence-electron chi connectivity index (χ2n) is 2.40. The van der Waals surface area contributed by atoms with Crippen molar-refractivity contribution < 1.29 is 4.74 Å². The lowest BCUT2D eigenvalue weighted by Gasteiger charge is -2.20. The number of rotatable bonds is 1. The van der Waals surface area contributed by atoms with Crippen LogP contribution in [0.2, 0.25) is 0 Å². The zero-order chi connectivity index (χ0) is 8.10. The third-order valence-electron chi connectivity index (χ3n) is 1.58. The van der Waals surface area contributed by atoms with Crippen LogP contribution in [0.5, 0.6) is 0 Å². The van der Waals surface area contributed by atoms with Crippen molar-refractivity contribution in [3.63, 3.8) is 0 Å². The van der Waals surface area contributed by atoms with Gasteiger partial charge in [-0.05, 0) is 12.8 Å². The molecule has 1 fully saturated rings. The zero-order valence-electron chi connectivity index (χ0n) is 6.32. The Morgan fingerprint density at radius 3 is 2.64 bits per heavy atom. The van der Waals surface area contributed by atoms with Crippen LogP contribution >= 0.6 is 11.8 Å². The van der Waals surface area contributed by atoms with Gasteiger partial charge in [0, 0.05) is 18.5 Å². The Balaban J connectivity index is 2.24. The van der Waals surface area contributed by atoms with E-state index in [0.717, 1.165) is 26.1 Å². The van der Waals surface area contributed by atoms with Gasteiger partial charge in [0.15, 0.2) is 5.17 Å². The van der Waals surface area contributed by atoms with Crippen molar-refractivity contribution in [2.75, 3.05) is 13.2 Å². The number of hydrazone groups is 1. The van der Waals surface area contributed by atoms with Crippen molar-refractivity contribution in [2.24, 2.45) is 16.7 Å². The number of hydrogen-bond donors (Lipinski definition) is 2. The molecule has 0 saturated carbocycles. The minimum atomic E-state index is 0.469. The molecule has 4 N–H and O–H groups in total. The summed E-state index contributed by atoms with van der Waals surface area (Å²) in [5.41, 5.74) is 5.45. The number of ether oxygens (including phenoxy) is 1. The molecule has 0 radical (unpaired) electrons. The summed E-state index contributed by atoms with van der Waals surface area (Å²) in [5, 5.41) is 4.41. The van der Waals surface area contributed by atoms with Gasteiger partial charge in [-0.2, -0.15) is 5.10 Å². The summed E-state index contributed by atoms with van der Waals surface area (Å²) in [6.45, 7) is 1.66. The van der Waals surface area contributed by atoms with Crippen LogP contribution in [0.15, 0.2) is 5.10 Å². The van der Waals surface area contributed by atoms with E-state index in [4.69, 9.17) is 16.3 Å². The second-order valence-corrected chi connectivity index (χ2v) is 3.72. The molecule has 0 aliphatic carbocycles. The maximum absolute atomic E-state index is 5.45. The molecule has 0 atom stereocenters. The van der Waals surface area contributed by atoms with E-state index >= 15 is 0 Å². The van der Waals surface area contributed by atoms with Gasteiger partial charge in [0.1, 0.15) is 0 Å². The average Bonchev–Trinajstić information content (AvgIpc) is 2.06. The van der Waals surface area contributed by atoms with Crippen LogP contribution in [0.4, 0.5) is 0 Å². The third-order valence-corrected chi connectivity index (χ3v) is 2.73. The fourth-order valence-electron chi connectivity index (χ4n) is 0.995. The van der Waals surface area contributed by atoms with E-state index in [1.807, 2.05) is 0 Å². The van der Waals surface area contributed by atoms with Crippen LogP contribution in [0.25, 0.3) is 0 Å². The van der Waals surface area contributed by atoms with Crippen LogP contribution < -0.4 is 11.6 Å². The average molecular weight is 175 g/mol. The molecule has 0 aromatic rings. The molecule has 1 aliphatic rings. The minimum Gasteiger partial charge on any atom is -0.381 e. The molecule has 64 valence electrons. The maximum atomic E-state index is 5.45. The van der Waals surface area contributed by atoms with Crippen LogP contribution in [-0.2, 0) is 4.74 Å². The predicted molar refractivity (Wildman–Crippen MR) is 47.2 cm³/mol. The van der Waals surface area contributed by atoms with E-state index in [1.165, 1.54) is 0 Å². The van der Waals surface area contributed by atoms with E-state index < -0.39 is 0 Å². The van der Waals surface area contributed by atoms with Crippen molar-refractivity contribution in [3.05, 3.63) is 0 Å². The van der Waals surface area contributed by atoms with Gasteiger partial charge < -0.3 is 16.3 Å². The highest BCUT2D eigenvalue weighted by molar-refractivity contribution is 8.14. The highest BCUT2D eigenvalue weighted by Crippen LogP contribution is 2.21. The van der Waals surface area contributed by atoms with E-state index in [1.54, 1.807) is 11.8 Å². The number of amidine groups is 1. The molecule has 0 aromatic carbocycles. The highest BCUT2D eigenvalue weighted by atomic mass is 32.2. The molecular formula is C6H13N3OS. The van der Waals surface area contributed by atoms with Crippen molar-refractivity contribution in [2.45, 2.75) is 18.1 Å². The van der Waals surface area contributed by atoms with Gasteiger partial charge in [-0.3, -0.25) is 0 Å². The van der Waals surface area contributed by atoms with Gasteiger partial charge in [-0.25, -0.2) is 0 Å². The molecule has 1 heterocycles. The molecule has 0 aromatic heterocycles. The minimum absolute atomic E-state index is 0.469. The lowest BCUT2D eigenvalue weighted by atomic mass is 10.2. The summed E-state index contributed by atoms with van der Waals surface area (Å²) in [5.74, 6) is 5.00. The number of nitrogens with zero attached hydrogens (tertiary/aromatic N) is 1. The summed E-state index contributed by atoms with van der Waals surface area (Å²) >= 11 is 1.54. The molecule has 1 aliphatic heterocycles.